The van der Waals surface area contributed by atoms with E-state index in [1.165, 1.54) is 44.2 Å². The van der Waals surface area contributed by atoms with Crippen LogP contribution in [0.4, 0.5) is 10.1 Å². The van der Waals surface area contributed by atoms with E-state index in [2.05, 4.69) is 57.1 Å². The van der Waals surface area contributed by atoms with Gasteiger partial charge in [0.05, 0.1) is 5.02 Å². The highest BCUT2D eigenvalue weighted by Gasteiger charge is 2.27. The molecule has 1 aromatic rings. The van der Waals surface area contributed by atoms with Crippen molar-refractivity contribution in [3.63, 3.8) is 0 Å². The molecule has 8 heteroatoms. The Morgan fingerprint density at radius 1 is 1.10 bits per heavy atom. The molecule has 2 atom stereocenters. The van der Waals surface area contributed by atoms with Gasteiger partial charge in [-0.05, 0) is 55.0 Å². The maximum Gasteiger partial charge on any atom is 0.211 e. The molecule has 1 aliphatic heterocycles. The Morgan fingerprint density at radius 3 is 2.02 bits per heavy atom. The maximum atomic E-state index is 13.5. The van der Waals surface area contributed by atoms with Crippen LogP contribution in [0.15, 0.2) is 48.0 Å². The van der Waals surface area contributed by atoms with Gasteiger partial charge in [0.15, 0.2) is 0 Å². The normalized spacial score (nSPS) is 17.8. The lowest BCUT2D eigenvalue weighted by Crippen LogP contribution is -2.11. The summed E-state index contributed by atoms with van der Waals surface area (Å²) in [6, 6.07) is 2.88. The predicted octanol–water partition coefficient (Wildman–Crippen LogP) is 9.39. The minimum Gasteiger partial charge on any atom is -0.359 e. The van der Waals surface area contributed by atoms with E-state index in [4.69, 9.17) is 23.2 Å². The zero-order valence-electron chi connectivity index (χ0n) is 26.3. The fraction of sp³-hybridized carbons (Fsp3) is 0.576. The Morgan fingerprint density at radius 2 is 1.66 bits per heavy atom. The molecule has 234 valence electrons. The third kappa shape index (κ3) is 24.2. The van der Waals surface area contributed by atoms with Crippen LogP contribution in [-0.2, 0) is 9.59 Å². The molecule has 1 heterocycles. The first-order chi connectivity index (χ1) is 19.4. The largest absolute Gasteiger partial charge is 0.359 e. The first-order valence-electron chi connectivity index (χ1n) is 14.5. The van der Waals surface area contributed by atoms with Gasteiger partial charge in [0.25, 0.3) is 0 Å². The van der Waals surface area contributed by atoms with Gasteiger partial charge in [-0.15, -0.1) is 0 Å². The number of carbonyl (C=O) groups excluding carboxylic acids is 2. The van der Waals surface area contributed by atoms with Crippen LogP contribution in [0.2, 0.25) is 5.02 Å². The van der Waals surface area contributed by atoms with Gasteiger partial charge in [0.1, 0.15) is 5.82 Å². The quantitative estimate of drug-likeness (QED) is 0.155. The minimum atomic E-state index is -0.447. The van der Waals surface area contributed by atoms with Crippen molar-refractivity contribution in [2.24, 2.45) is 11.3 Å². The van der Waals surface area contributed by atoms with E-state index in [9.17, 15) is 14.0 Å². The molecule has 0 radical (unpaired) electrons. The van der Waals surface area contributed by atoms with Crippen LogP contribution in [0, 0.1) is 17.2 Å². The summed E-state index contributed by atoms with van der Waals surface area (Å²) in [5.41, 5.74) is 1.89. The van der Waals surface area contributed by atoms with Gasteiger partial charge < -0.3 is 16.0 Å². The van der Waals surface area contributed by atoms with Crippen molar-refractivity contribution in [3.8, 4) is 0 Å². The van der Waals surface area contributed by atoms with Gasteiger partial charge in [-0.25, -0.2) is 4.39 Å². The Balaban J connectivity index is 0. The van der Waals surface area contributed by atoms with E-state index < -0.39 is 5.82 Å². The zero-order valence-corrected chi connectivity index (χ0v) is 27.8. The smallest absolute Gasteiger partial charge is 0.211 e. The van der Waals surface area contributed by atoms with E-state index in [-0.39, 0.29) is 10.9 Å². The summed E-state index contributed by atoms with van der Waals surface area (Å²) in [5, 5.41) is 9.05. The van der Waals surface area contributed by atoms with Gasteiger partial charge in [0, 0.05) is 29.7 Å². The van der Waals surface area contributed by atoms with E-state index in [0.717, 1.165) is 31.6 Å². The van der Waals surface area contributed by atoms with Crippen LogP contribution in [0.5, 0.6) is 0 Å². The summed E-state index contributed by atoms with van der Waals surface area (Å²) in [6.07, 6.45) is 17.0. The Hall–Kier alpha value is -2.15. The van der Waals surface area contributed by atoms with Crippen molar-refractivity contribution < 1.29 is 14.0 Å². The average Bonchev–Trinajstić information content (AvgIpc) is 3.63. The molecule has 2 aliphatic rings. The van der Waals surface area contributed by atoms with Crippen molar-refractivity contribution in [1.82, 2.24) is 10.6 Å². The highest BCUT2D eigenvalue weighted by Crippen LogP contribution is 2.35. The first-order valence-corrected chi connectivity index (χ1v) is 15.3. The Bertz CT molecular complexity index is 897. The number of anilines is 1. The van der Waals surface area contributed by atoms with Crippen LogP contribution >= 0.6 is 23.2 Å². The third-order valence-corrected chi connectivity index (χ3v) is 6.16. The van der Waals surface area contributed by atoms with Crippen molar-refractivity contribution in [1.29, 1.82) is 0 Å². The molecule has 1 aromatic carbocycles. The number of amides is 2. The number of halogens is 3. The number of benzene rings is 1. The summed E-state index contributed by atoms with van der Waals surface area (Å²) in [7, 11) is 0. The molecule has 2 fully saturated rings. The van der Waals surface area contributed by atoms with E-state index in [0.29, 0.717) is 34.9 Å². The lowest BCUT2D eigenvalue weighted by atomic mass is 9.89. The van der Waals surface area contributed by atoms with Crippen LogP contribution in [0.3, 0.4) is 0 Å². The van der Waals surface area contributed by atoms with Gasteiger partial charge in [-0.1, -0.05) is 122 Å². The molecule has 0 aromatic heterocycles. The number of allylic oxidation sites excluding steroid dienone is 5. The number of carbonyl (C=O) groups is 2. The Kier molecular flexibility index (Phi) is 25.5. The van der Waals surface area contributed by atoms with E-state index >= 15 is 0 Å². The van der Waals surface area contributed by atoms with E-state index in [1.807, 2.05) is 26.0 Å². The van der Waals surface area contributed by atoms with Crippen LogP contribution in [0.25, 0.3) is 0 Å². The SMILES string of the molecule is C1CCCC1.C=C/C(Cl)=C\C=C/C.CC(C)(C)C.CCCNC=O.C[C@H]1CNC[C@H]1c1cc(F)c(Cl)cc1NC=O. The molecule has 3 N–H and O–H groups in total. The van der Waals surface area contributed by atoms with Gasteiger partial charge >= 0.3 is 0 Å². The fourth-order valence-electron chi connectivity index (χ4n) is 3.63. The monoisotopic (exact) mass is 613 g/mol. The van der Waals surface area contributed by atoms with Crippen molar-refractivity contribution in [3.05, 3.63) is 64.5 Å². The second-order valence-corrected chi connectivity index (χ2v) is 12.3. The van der Waals surface area contributed by atoms with Crippen molar-refractivity contribution in [2.45, 2.75) is 92.9 Å². The summed E-state index contributed by atoms with van der Waals surface area (Å²) >= 11 is 11.3. The minimum absolute atomic E-state index is 0.0247. The standard InChI is InChI=1S/C12H14ClFN2O.C7H9Cl.C5H10.C5H12.C4H9NO/c1-7-4-15-5-9(7)8-2-11(14)10(13)3-12(8)16-6-17;1-3-5-6-7(8)4-2;1-2-4-5-3-1;1-5(2,3)4;1-2-3-5-4-6/h2-3,6-7,9,15H,4-5H2,1H3,(H,16,17);3-6H,2H2,1H3;1-5H2;1-4H3;4H,2-3H2,1H3,(H,5,6)/b;5-3-,7-6+;;;/t7-,9+;;;;/m0..../s1. The second-order valence-electron chi connectivity index (χ2n) is 11.5. The van der Waals surface area contributed by atoms with Crippen LogP contribution < -0.4 is 16.0 Å². The van der Waals surface area contributed by atoms with Crippen LogP contribution in [-0.4, -0.2) is 32.5 Å². The summed E-state index contributed by atoms with van der Waals surface area (Å²) in [6.45, 7) is 20.8. The molecule has 5 nitrogen and oxygen atoms in total. The van der Waals surface area contributed by atoms with Crippen molar-refractivity contribution >= 4 is 41.7 Å². The zero-order chi connectivity index (χ0) is 31.7. The molecule has 0 spiro atoms. The molecule has 1 saturated carbocycles. The molecular weight excluding hydrogens is 560 g/mol. The van der Waals surface area contributed by atoms with Crippen molar-refractivity contribution in [2.75, 3.05) is 25.0 Å². The maximum absolute atomic E-state index is 13.5. The molecular formula is C33H54Cl2FN3O2. The highest BCUT2D eigenvalue weighted by atomic mass is 35.5. The van der Waals surface area contributed by atoms with Crippen LogP contribution in [0.1, 0.15) is 98.5 Å². The lowest BCUT2D eigenvalue weighted by molar-refractivity contribution is -0.109. The molecule has 0 unspecified atom stereocenters. The predicted molar refractivity (Wildman–Crippen MR) is 177 cm³/mol. The molecule has 0 bridgehead atoms. The molecule has 41 heavy (non-hydrogen) atoms. The summed E-state index contributed by atoms with van der Waals surface area (Å²) < 4.78 is 13.5. The van der Waals surface area contributed by atoms with E-state index in [1.54, 1.807) is 12.2 Å². The van der Waals surface area contributed by atoms with Gasteiger partial charge in [-0.3, -0.25) is 9.59 Å². The lowest BCUT2D eigenvalue weighted by Gasteiger charge is -2.18. The number of rotatable bonds is 8. The number of hydrogen-bond donors (Lipinski definition) is 3. The van der Waals surface area contributed by atoms with Gasteiger partial charge in [-0.2, -0.15) is 0 Å². The van der Waals surface area contributed by atoms with Gasteiger partial charge in [0.2, 0.25) is 12.8 Å². The molecule has 1 saturated heterocycles. The number of nitrogens with one attached hydrogen (secondary N) is 3. The highest BCUT2D eigenvalue weighted by molar-refractivity contribution is 6.31. The average molecular weight is 615 g/mol. The third-order valence-electron chi connectivity index (χ3n) is 5.59. The second kappa shape index (κ2) is 25.6. The fourth-order valence-corrected chi connectivity index (χ4v) is 3.86. The molecule has 3 rings (SSSR count). The summed E-state index contributed by atoms with van der Waals surface area (Å²) in [4.78, 5) is 20.0. The first kappa shape index (κ1) is 41.0. The topological polar surface area (TPSA) is 70.2 Å². The number of hydrogen-bond acceptors (Lipinski definition) is 3. The Labute approximate surface area is 259 Å². The molecule has 1 aliphatic carbocycles. The summed E-state index contributed by atoms with van der Waals surface area (Å²) in [5.74, 6) is 0.157. The molecule has 2 amide bonds.